The first-order valence-corrected chi connectivity index (χ1v) is 9.78. The van der Waals surface area contributed by atoms with E-state index in [2.05, 4.69) is 21.2 Å². The molecule has 2 amide bonds. The maximum atomic E-state index is 13.9. The van der Waals surface area contributed by atoms with Gasteiger partial charge in [-0.3, -0.25) is 4.79 Å². The van der Waals surface area contributed by atoms with Crippen LogP contribution in [0.3, 0.4) is 0 Å². The van der Waals surface area contributed by atoms with Gasteiger partial charge in [-0.25, -0.2) is 9.18 Å². The number of hydrogen-bond donors (Lipinski definition) is 1. The number of cyclic esters (lactones) is 1. The summed E-state index contributed by atoms with van der Waals surface area (Å²) < 4.78 is 62.1. The molecule has 1 N–H and O–H groups in total. The lowest BCUT2D eigenvalue weighted by atomic mass is 9.68. The summed E-state index contributed by atoms with van der Waals surface area (Å²) in [6.45, 7) is 1.25. The van der Waals surface area contributed by atoms with E-state index in [1.54, 1.807) is 4.90 Å². The number of likely N-dealkylation sites (tertiary alicyclic amines) is 1. The van der Waals surface area contributed by atoms with Crippen molar-refractivity contribution in [1.82, 2.24) is 10.2 Å². The lowest BCUT2D eigenvalue weighted by Gasteiger charge is -2.47. The Morgan fingerprint density at radius 1 is 1.34 bits per heavy atom. The van der Waals surface area contributed by atoms with Crippen LogP contribution < -0.4 is 10.1 Å². The van der Waals surface area contributed by atoms with Crippen LogP contribution >= 0.6 is 15.9 Å². The molecule has 1 aliphatic carbocycles. The van der Waals surface area contributed by atoms with Gasteiger partial charge in [0.05, 0.1) is 17.7 Å². The minimum Gasteiger partial charge on any atom is -0.490 e. The van der Waals surface area contributed by atoms with Gasteiger partial charge < -0.3 is 19.7 Å². The van der Waals surface area contributed by atoms with Crippen molar-refractivity contribution >= 4 is 27.9 Å². The lowest BCUT2D eigenvalue weighted by Crippen LogP contribution is -2.61. The van der Waals surface area contributed by atoms with Crippen LogP contribution in [0.15, 0.2) is 16.6 Å². The van der Waals surface area contributed by atoms with Crippen LogP contribution in [-0.2, 0) is 15.7 Å². The second-order valence-electron chi connectivity index (χ2n) is 7.77. The zero-order valence-electron chi connectivity index (χ0n) is 15.0. The summed E-state index contributed by atoms with van der Waals surface area (Å²) >= 11 is 2.79. The van der Waals surface area contributed by atoms with Gasteiger partial charge in [0.25, 0.3) is 0 Å². The van der Waals surface area contributed by atoms with E-state index in [-0.39, 0.29) is 41.2 Å². The Morgan fingerprint density at radius 2 is 2.03 bits per heavy atom. The van der Waals surface area contributed by atoms with Crippen LogP contribution in [0.25, 0.3) is 0 Å². The molecule has 4 rings (SSSR count). The van der Waals surface area contributed by atoms with E-state index in [1.165, 1.54) is 0 Å². The molecule has 3 aliphatic rings. The number of amides is 2. The van der Waals surface area contributed by atoms with Gasteiger partial charge in [0.15, 0.2) is 11.6 Å². The highest BCUT2D eigenvalue weighted by Gasteiger charge is 2.54. The van der Waals surface area contributed by atoms with Crippen molar-refractivity contribution in [2.45, 2.75) is 24.6 Å². The van der Waals surface area contributed by atoms with Crippen molar-refractivity contribution in [3.05, 3.63) is 28.0 Å². The molecule has 11 heteroatoms. The molecule has 0 atom stereocenters. The minimum atomic E-state index is -4.67. The Morgan fingerprint density at radius 3 is 2.62 bits per heavy atom. The fourth-order valence-electron chi connectivity index (χ4n) is 3.95. The third kappa shape index (κ3) is 3.88. The number of rotatable bonds is 4. The first-order chi connectivity index (χ1) is 13.6. The van der Waals surface area contributed by atoms with Gasteiger partial charge in [-0.2, -0.15) is 13.2 Å². The van der Waals surface area contributed by atoms with Crippen molar-refractivity contribution in [2.24, 2.45) is 11.8 Å². The Balaban J connectivity index is 1.24. The third-order valence-electron chi connectivity index (χ3n) is 5.54. The van der Waals surface area contributed by atoms with Crippen LogP contribution in [0.2, 0.25) is 0 Å². The SMILES string of the molecule is O=C1N[C@]2(CO1)C[C@@H](C(=O)N1CC(COc3cc(Br)c(C(F)(F)F)cc3F)C1)C2. The zero-order valence-corrected chi connectivity index (χ0v) is 16.6. The topological polar surface area (TPSA) is 67.9 Å². The maximum absolute atomic E-state index is 13.9. The Hall–Kier alpha value is -2.04. The van der Waals surface area contributed by atoms with Gasteiger partial charge >= 0.3 is 12.3 Å². The van der Waals surface area contributed by atoms with Crippen molar-refractivity contribution in [2.75, 3.05) is 26.3 Å². The second kappa shape index (κ2) is 7.03. The van der Waals surface area contributed by atoms with Gasteiger partial charge in [0.2, 0.25) is 5.91 Å². The van der Waals surface area contributed by atoms with Gasteiger partial charge in [0.1, 0.15) is 6.61 Å². The molecular formula is C18H17BrF4N2O4. The quantitative estimate of drug-likeness (QED) is 0.671. The molecule has 29 heavy (non-hydrogen) atoms. The number of alkyl carbamates (subject to hydrolysis) is 1. The predicted molar refractivity (Wildman–Crippen MR) is 94.6 cm³/mol. The smallest absolute Gasteiger partial charge is 0.417 e. The molecular weight excluding hydrogens is 464 g/mol. The summed E-state index contributed by atoms with van der Waals surface area (Å²) in [6, 6.07) is 1.36. The van der Waals surface area contributed by atoms with E-state index < -0.39 is 29.2 Å². The summed E-state index contributed by atoms with van der Waals surface area (Å²) in [5.41, 5.74) is -1.52. The lowest BCUT2D eigenvalue weighted by molar-refractivity contribution is -0.148. The van der Waals surface area contributed by atoms with Gasteiger partial charge in [-0.1, -0.05) is 15.9 Å². The monoisotopic (exact) mass is 480 g/mol. The first kappa shape index (κ1) is 20.2. The van der Waals surface area contributed by atoms with Crippen LogP contribution in [0, 0.1) is 17.7 Å². The van der Waals surface area contributed by atoms with Gasteiger partial charge in [0, 0.05) is 29.4 Å². The minimum absolute atomic E-state index is 0.00326. The number of hydrogen-bond acceptors (Lipinski definition) is 4. The summed E-state index contributed by atoms with van der Waals surface area (Å²) in [6.07, 6.45) is -4.04. The van der Waals surface area contributed by atoms with Gasteiger partial charge in [-0.05, 0) is 25.0 Å². The average molecular weight is 481 g/mol. The highest BCUT2D eigenvalue weighted by molar-refractivity contribution is 9.10. The highest BCUT2D eigenvalue weighted by atomic mass is 79.9. The van der Waals surface area contributed by atoms with Crippen LogP contribution in [-0.4, -0.2) is 48.7 Å². The molecule has 2 heterocycles. The van der Waals surface area contributed by atoms with Crippen molar-refractivity contribution in [1.29, 1.82) is 0 Å². The predicted octanol–water partition coefficient (Wildman–Crippen LogP) is 3.33. The molecule has 2 saturated heterocycles. The Labute approximate surface area is 171 Å². The largest absolute Gasteiger partial charge is 0.490 e. The molecule has 1 aromatic rings. The second-order valence-corrected chi connectivity index (χ2v) is 8.62. The number of halogens is 5. The summed E-state index contributed by atoms with van der Waals surface area (Å²) in [5, 5.41) is 2.74. The standard InChI is InChI=1S/C18H17BrF4N2O4/c19-12-2-14(13(20)1-11(12)18(21,22)23)28-7-9-5-25(6-9)15(26)10-3-17(4-10)8-29-16(27)24-17/h1-2,9-10H,3-8H2,(H,24,27)/t10-,17-. The molecule has 158 valence electrons. The number of nitrogens with zero attached hydrogens (tertiary/aromatic N) is 1. The van der Waals surface area contributed by atoms with E-state index in [0.717, 1.165) is 6.07 Å². The van der Waals surface area contributed by atoms with Crippen molar-refractivity contribution in [3.8, 4) is 5.75 Å². The van der Waals surface area contributed by atoms with E-state index in [0.29, 0.717) is 32.0 Å². The zero-order chi connectivity index (χ0) is 21.0. The molecule has 1 spiro atoms. The number of ether oxygens (including phenoxy) is 2. The molecule has 0 unspecified atom stereocenters. The summed E-state index contributed by atoms with van der Waals surface area (Å²) in [5.74, 6) is -1.55. The van der Waals surface area contributed by atoms with Crippen LogP contribution in [0.5, 0.6) is 5.75 Å². The van der Waals surface area contributed by atoms with Crippen molar-refractivity contribution < 1.29 is 36.6 Å². The van der Waals surface area contributed by atoms with Crippen LogP contribution in [0.1, 0.15) is 18.4 Å². The maximum Gasteiger partial charge on any atom is 0.417 e. The third-order valence-corrected chi connectivity index (χ3v) is 6.20. The number of nitrogens with one attached hydrogen (secondary N) is 1. The van der Waals surface area contributed by atoms with E-state index in [9.17, 15) is 27.2 Å². The van der Waals surface area contributed by atoms with E-state index >= 15 is 0 Å². The summed E-state index contributed by atoms with van der Waals surface area (Å²) in [4.78, 5) is 25.3. The molecule has 2 aliphatic heterocycles. The molecule has 0 radical (unpaired) electrons. The number of alkyl halides is 3. The Bertz CT molecular complexity index is 851. The summed E-state index contributed by atoms with van der Waals surface area (Å²) in [7, 11) is 0. The average Bonchev–Trinajstić information content (AvgIpc) is 2.95. The fourth-order valence-corrected chi connectivity index (χ4v) is 4.50. The van der Waals surface area contributed by atoms with Crippen molar-refractivity contribution in [3.63, 3.8) is 0 Å². The molecule has 0 aromatic heterocycles. The molecule has 1 saturated carbocycles. The van der Waals surface area contributed by atoms with Crippen LogP contribution in [0.4, 0.5) is 22.4 Å². The Kier molecular flexibility index (Phi) is 4.91. The van der Waals surface area contributed by atoms with Gasteiger partial charge in [-0.15, -0.1) is 0 Å². The molecule has 6 nitrogen and oxygen atoms in total. The first-order valence-electron chi connectivity index (χ1n) is 8.99. The van der Waals surface area contributed by atoms with E-state index in [4.69, 9.17) is 9.47 Å². The normalized spacial score (nSPS) is 26.6. The number of benzene rings is 1. The molecule has 1 aromatic carbocycles. The molecule has 3 fully saturated rings. The molecule has 0 bridgehead atoms. The van der Waals surface area contributed by atoms with E-state index in [1.807, 2.05) is 0 Å². The fraction of sp³-hybridized carbons (Fsp3) is 0.556. The number of carbonyl (C=O) groups excluding carboxylic acids is 2. The number of carbonyl (C=O) groups is 2. The highest BCUT2D eigenvalue weighted by Crippen LogP contribution is 2.42.